The highest BCUT2D eigenvalue weighted by Gasteiger charge is 2.27. The molecule has 176 valence electrons. The quantitative estimate of drug-likeness (QED) is 0.296. The van der Waals surface area contributed by atoms with Crippen molar-refractivity contribution in [2.24, 2.45) is 4.99 Å². The lowest BCUT2D eigenvalue weighted by molar-refractivity contribution is 0.0904. The Morgan fingerprint density at radius 3 is 2.33 bits per heavy atom. The van der Waals surface area contributed by atoms with Crippen LogP contribution in [0.4, 0.5) is 0 Å². The molecule has 9 heteroatoms. The Balaban J connectivity index is 1.61. The second-order valence-electron chi connectivity index (χ2n) is 8.56. The van der Waals surface area contributed by atoms with E-state index in [2.05, 4.69) is 20.1 Å². The number of hydrogen-bond acceptors (Lipinski definition) is 5. The Morgan fingerprint density at radius 2 is 1.70 bits per heavy atom. The molecule has 0 spiro atoms. The van der Waals surface area contributed by atoms with Gasteiger partial charge in [-0.1, -0.05) is 12.8 Å². The summed E-state index contributed by atoms with van der Waals surface area (Å²) in [6.07, 6.45) is 7.79. The molecule has 0 amide bonds. The number of likely N-dealkylation sites (tertiary alicyclic amines) is 1. The average Bonchev–Trinajstić information content (AvgIpc) is 2.74. The first-order chi connectivity index (χ1) is 14.4. The van der Waals surface area contributed by atoms with E-state index in [4.69, 9.17) is 4.74 Å². The Kier molecular flexibility index (Phi) is 11.4. The predicted octanol–water partition coefficient (Wildman–Crippen LogP) is 1.59. The highest BCUT2D eigenvalue weighted by Crippen LogP contribution is 2.11. The molecule has 1 N–H and O–H groups in total. The fourth-order valence-corrected chi connectivity index (χ4v) is 5.33. The molecule has 2 aliphatic heterocycles. The van der Waals surface area contributed by atoms with Crippen molar-refractivity contribution in [2.75, 3.05) is 71.8 Å². The van der Waals surface area contributed by atoms with Crippen LogP contribution in [0.2, 0.25) is 0 Å². The number of aliphatic imine (C=N–C) groups is 1. The van der Waals surface area contributed by atoms with Gasteiger partial charge in [-0.05, 0) is 59.2 Å². The number of guanidine groups is 1. The predicted molar refractivity (Wildman–Crippen MR) is 124 cm³/mol. The molecule has 2 saturated heterocycles. The van der Waals surface area contributed by atoms with Crippen LogP contribution in [0, 0.1) is 0 Å². The topological polar surface area (TPSA) is 77.5 Å². The summed E-state index contributed by atoms with van der Waals surface area (Å²) in [7, 11) is -1.46. The monoisotopic (exact) mass is 445 g/mol. The minimum absolute atomic E-state index is 0.0512. The summed E-state index contributed by atoms with van der Waals surface area (Å²) >= 11 is 0. The van der Waals surface area contributed by atoms with Gasteiger partial charge in [0.15, 0.2) is 5.96 Å². The molecule has 2 heterocycles. The van der Waals surface area contributed by atoms with Crippen LogP contribution < -0.4 is 5.32 Å². The molecule has 2 rings (SSSR count). The molecule has 0 saturated carbocycles. The molecular weight excluding hydrogens is 402 g/mol. The van der Waals surface area contributed by atoms with Crippen molar-refractivity contribution in [3.63, 3.8) is 0 Å². The zero-order chi connectivity index (χ0) is 21.8. The van der Waals surface area contributed by atoms with E-state index in [1.54, 1.807) is 11.4 Å². The highest BCUT2D eigenvalue weighted by atomic mass is 32.2. The van der Waals surface area contributed by atoms with Crippen molar-refractivity contribution in [2.45, 2.75) is 58.5 Å². The van der Waals surface area contributed by atoms with Gasteiger partial charge in [-0.3, -0.25) is 4.99 Å². The molecule has 0 aromatic rings. The highest BCUT2D eigenvalue weighted by molar-refractivity contribution is 7.89. The lowest BCUT2D eigenvalue weighted by Crippen LogP contribution is -2.54. The number of hydrogen-bond donors (Lipinski definition) is 1. The van der Waals surface area contributed by atoms with Gasteiger partial charge in [-0.2, -0.15) is 4.31 Å². The minimum atomic E-state index is -3.25. The number of nitrogens with one attached hydrogen (secondary N) is 1. The fraction of sp³-hybridized carbons (Fsp3) is 0.952. The molecule has 0 unspecified atom stereocenters. The summed E-state index contributed by atoms with van der Waals surface area (Å²) < 4.78 is 31.9. The van der Waals surface area contributed by atoms with Gasteiger partial charge in [0.05, 0.1) is 18.5 Å². The summed E-state index contributed by atoms with van der Waals surface area (Å²) in [4.78, 5) is 9.15. The number of sulfonamides is 1. The van der Waals surface area contributed by atoms with E-state index in [0.717, 1.165) is 18.9 Å². The summed E-state index contributed by atoms with van der Waals surface area (Å²) in [6, 6.07) is 0. The molecule has 0 atom stereocenters. The van der Waals surface area contributed by atoms with Gasteiger partial charge in [0.2, 0.25) is 10.0 Å². The molecule has 2 fully saturated rings. The molecule has 0 aromatic heterocycles. The minimum Gasteiger partial charge on any atom is -0.378 e. The lowest BCUT2D eigenvalue weighted by atomic mass is 10.1. The van der Waals surface area contributed by atoms with Crippen LogP contribution in [-0.4, -0.2) is 106 Å². The number of nitrogens with zero attached hydrogens (tertiary/aromatic N) is 4. The Labute approximate surface area is 184 Å². The molecule has 0 aliphatic carbocycles. The Morgan fingerprint density at radius 1 is 1.00 bits per heavy atom. The first-order valence-electron chi connectivity index (χ1n) is 11.7. The number of piperazine rings is 1. The summed E-state index contributed by atoms with van der Waals surface area (Å²) in [5.41, 5.74) is 0. The van der Waals surface area contributed by atoms with Crippen molar-refractivity contribution >= 4 is 16.0 Å². The van der Waals surface area contributed by atoms with Crippen LogP contribution in [0.25, 0.3) is 0 Å². The largest absolute Gasteiger partial charge is 0.378 e. The SMILES string of the molecule is CN=C(NCCCCCN1CCCCC1)N1CCN(S(=O)(=O)CCOC(C)C)CC1. The van der Waals surface area contributed by atoms with Crippen LogP contribution in [-0.2, 0) is 14.8 Å². The Bertz CT molecular complexity index is 598. The van der Waals surface area contributed by atoms with Gasteiger partial charge in [0.25, 0.3) is 0 Å². The van der Waals surface area contributed by atoms with E-state index in [-0.39, 0.29) is 18.5 Å². The second kappa shape index (κ2) is 13.5. The van der Waals surface area contributed by atoms with Gasteiger partial charge < -0.3 is 19.9 Å². The van der Waals surface area contributed by atoms with Gasteiger partial charge in [0.1, 0.15) is 0 Å². The zero-order valence-electron chi connectivity index (χ0n) is 19.3. The summed E-state index contributed by atoms with van der Waals surface area (Å²) in [5.74, 6) is 0.932. The molecule has 30 heavy (non-hydrogen) atoms. The maximum Gasteiger partial charge on any atom is 0.216 e. The molecule has 0 radical (unpaired) electrons. The lowest BCUT2D eigenvalue weighted by Gasteiger charge is -2.35. The van der Waals surface area contributed by atoms with Crippen LogP contribution in [0.3, 0.4) is 0 Å². The summed E-state index contributed by atoms with van der Waals surface area (Å²) in [6.45, 7) is 11.1. The van der Waals surface area contributed by atoms with E-state index in [9.17, 15) is 8.42 Å². The zero-order valence-corrected chi connectivity index (χ0v) is 20.1. The standard InChI is InChI=1S/C21H43N5O3S/c1-20(2)29-18-19-30(27,28)26-16-14-25(15-17-26)21(22-3)23-10-6-4-7-11-24-12-8-5-9-13-24/h20H,4-19H2,1-3H3,(H,22,23). The molecular formula is C21H43N5O3S. The summed E-state index contributed by atoms with van der Waals surface area (Å²) in [5, 5.41) is 3.45. The maximum atomic E-state index is 12.5. The second-order valence-corrected chi connectivity index (χ2v) is 10.6. The van der Waals surface area contributed by atoms with Crippen LogP contribution in [0.5, 0.6) is 0 Å². The number of piperidine rings is 1. The smallest absolute Gasteiger partial charge is 0.216 e. The van der Waals surface area contributed by atoms with Crippen LogP contribution >= 0.6 is 0 Å². The van der Waals surface area contributed by atoms with Gasteiger partial charge in [0, 0.05) is 39.8 Å². The van der Waals surface area contributed by atoms with E-state index < -0.39 is 10.0 Å². The van der Waals surface area contributed by atoms with E-state index in [0.29, 0.717) is 26.2 Å². The van der Waals surface area contributed by atoms with E-state index in [1.165, 1.54) is 51.7 Å². The average molecular weight is 446 g/mol. The van der Waals surface area contributed by atoms with E-state index >= 15 is 0 Å². The first-order valence-corrected chi connectivity index (χ1v) is 13.3. The van der Waals surface area contributed by atoms with Crippen molar-refractivity contribution in [3.8, 4) is 0 Å². The van der Waals surface area contributed by atoms with Crippen LogP contribution in [0.15, 0.2) is 4.99 Å². The molecule has 2 aliphatic rings. The molecule has 8 nitrogen and oxygen atoms in total. The maximum absolute atomic E-state index is 12.5. The fourth-order valence-electron chi connectivity index (χ4n) is 4.05. The van der Waals surface area contributed by atoms with E-state index in [1.807, 2.05) is 13.8 Å². The number of ether oxygens (including phenoxy) is 1. The number of unbranched alkanes of at least 4 members (excludes halogenated alkanes) is 2. The number of rotatable bonds is 11. The first kappa shape index (κ1) is 25.4. The third-order valence-corrected chi connectivity index (χ3v) is 7.65. The van der Waals surface area contributed by atoms with Gasteiger partial charge >= 0.3 is 0 Å². The van der Waals surface area contributed by atoms with Crippen molar-refractivity contribution in [1.82, 2.24) is 19.4 Å². The van der Waals surface area contributed by atoms with Crippen molar-refractivity contribution in [1.29, 1.82) is 0 Å². The third-order valence-electron chi connectivity index (χ3n) is 5.82. The third kappa shape index (κ3) is 9.08. The van der Waals surface area contributed by atoms with Gasteiger partial charge in [-0.15, -0.1) is 0 Å². The van der Waals surface area contributed by atoms with Crippen molar-refractivity contribution in [3.05, 3.63) is 0 Å². The Hall–Kier alpha value is -0.900. The van der Waals surface area contributed by atoms with Crippen LogP contribution in [0.1, 0.15) is 52.4 Å². The molecule has 0 aromatic carbocycles. The van der Waals surface area contributed by atoms with Gasteiger partial charge in [-0.25, -0.2) is 8.42 Å². The normalized spacial score (nSPS) is 20.1. The molecule has 0 bridgehead atoms. The van der Waals surface area contributed by atoms with Crippen molar-refractivity contribution < 1.29 is 13.2 Å².